The van der Waals surface area contributed by atoms with Crippen molar-refractivity contribution in [3.05, 3.63) is 0 Å². The molecule has 3 aliphatic rings. The van der Waals surface area contributed by atoms with Crippen LogP contribution in [0.15, 0.2) is 0 Å². The third kappa shape index (κ3) is 6.82. The van der Waals surface area contributed by atoms with Crippen LogP contribution in [0.5, 0.6) is 0 Å². The van der Waals surface area contributed by atoms with Crippen LogP contribution in [0.3, 0.4) is 0 Å². The average molecular weight is 430 g/mol. The second-order valence-electron chi connectivity index (χ2n) is 8.94. The standard InChI is InChI=1S/C22H39NO3S2/c1-23(25)22(24)9-5-6-13-27-14-12-18-19(21-11-10-20(18)26-21)16-28-15-17-7-3-2-4-8-17/h17-21,25H,2-16H2,1H3/t18-,19+,20-,21+/m1/s1. The Balaban J connectivity index is 1.28. The van der Waals surface area contributed by atoms with Crippen molar-refractivity contribution in [1.82, 2.24) is 5.06 Å². The van der Waals surface area contributed by atoms with E-state index < -0.39 is 0 Å². The zero-order valence-corrected chi connectivity index (χ0v) is 19.2. The predicted octanol–water partition coefficient (Wildman–Crippen LogP) is 5.23. The minimum absolute atomic E-state index is 0.183. The Morgan fingerprint density at radius 3 is 2.46 bits per heavy atom. The average Bonchev–Trinajstić information content (AvgIpc) is 3.30. The van der Waals surface area contributed by atoms with Crippen LogP contribution in [0.2, 0.25) is 0 Å². The third-order valence-corrected chi connectivity index (χ3v) is 9.29. The zero-order valence-electron chi connectivity index (χ0n) is 17.5. The Kier molecular flexibility index (Phi) is 9.81. The highest BCUT2D eigenvalue weighted by molar-refractivity contribution is 7.99. The van der Waals surface area contributed by atoms with Crippen molar-refractivity contribution in [2.45, 2.75) is 82.8 Å². The van der Waals surface area contributed by atoms with Gasteiger partial charge in [0.15, 0.2) is 0 Å². The molecule has 3 rings (SSSR count). The molecule has 0 aromatic heterocycles. The number of fused-ring (bicyclic) bond motifs is 2. The molecule has 162 valence electrons. The van der Waals surface area contributed by atoms with Gasteiger partial charge in [-0.05, 0) is 85.7 Å². The van der Waals surface area contributed by atoms with Gasteiger partial charge in [0.25, 0.3) is 0 Å². The molecule has 3 fully saturated rings. The molecule has 2 bridgehead atoms. The van der Waals surface area contributed by atoms with Crippen molar-refractivity contribution in [3.63, 3.8) is 0 Å². The summed E-state index contributed by atoms with van der Waals surface area (Å²) in [4.78, 5) is 11.4. The number of unbranched alkanes of at least 4 members (excludes halogenated alkanes) is 1. The number of thioether (sulfide) groups is 2. The van der Waals surface area contributed by atoms with Crippen molar-refractivity contribution >= 4 is 29.4 Å². The van der Waals surface area contributed by atoms with Gasteiger partial charge < -0.3 is 4.74 Å². The summed E-state index contributed by atoms with van der Waals surface area (Å²) in [6.07, 6.45) is 14.6. The van der Waals surface area contributed by atoms with Crippen LogP contribution < -0.4 is 0 Å². The quantitative estimate of drug-likeness (QED) is 0.261. The predicted molar refractivity (Wildman–Crippen MR) is 119 cm³/mol. The van der Waals surface area contributed by atoms with Gasteiger partial charge in [0.1, 0.15) is 0 Å². The summed E-state index contributed by atoms with van der Waals surface area (Å²) in [5.41, 5.74) is 0. The summed E-state index contributed by atoms with van der Waals surface area (Å²) < 4.78 is 6.30. The summed E-state index contributed by atoms with van der Waals surface area (Å²) in [5, 5.41) is 9.76. The minimum Gasteiger partial charge on any atom is -0.374 e. The number of carbonyl (C=O) groups is 1. The van der Waals surface area contributed by atoms with Gasteiger partial charge in [0.05, 0.1) is 12.2 Å². The summed E-state index contributed by atoms with van der Waals surface area (Å²) in [6, 6.07) is 0. The molecule has 0 radical (unpaired) electrons. The van der Waals surface area contributed by atoms with Crippen LogP contribution in [-0.4, -0.2) is 58.4 Å². The summed E-state index contributed by atoms with van der Waals surface area (Å²) >= 11 is 4.24. The van der Waals surface area contributed by atoms with Crippen molar-refractivity contribution in [1.29, 1.82) is 0 Å². The third-order valence-electron chi connectivity index (χ3n) is 6.86. The number of hydrogen-bond donors (Lipinski definition) is 1. The highest BCUT2D eigenvalue weighted by Gasteiger charge is 2.47. The lowest BCUT2D eigenvalue weighted by molar-refractivity contribution is -0.159. The highest BCUT2D eigenvalue weighted by atomic mass is 32.2. The molecule has 4 atom stereocenters. The van der Waals surface area contributed by atoms with E-state index >= 15 is 0 Å². The monoisotopic (exact) mass is 429 g/mol. The lowest BCUT2D eigenvalue weighted by Crippen LogP contribution is -2.29. The molecule has 4 nitrogen and oxygen atoms in total. The number of ether oxygens (including phenoxy) is 1. The highest BCUT2D eigenvalue weighted by Crippen LogP contribution is 2.46. The second kappa shape index (κ2) is 12.1. The van der Waals surface area contributed by atoms with Gasteiger partial charge in [-0.2, -0.15) is 23.5 Å². The van der Waals surface area contributed by atoms with Crippen molar-refractivity contribution in [2.24, 2.45) is 17.8 Å². The van der Waals surface area contributed by atoms with E-state index in [1.807, 2.05) is 11.8 Å². The molecule has 1 N–H and O–H groups in total. The van der Waals surface area contributed by atoms with Gasteiger partial charge in [0, 0.05) is 13.5 Å². The first-order valence-electron chi connectivity index (χ1n) is 11.4. The van der Waals surface area contributed by atoms with Gasteiger partial charge in [-0.15, -0.1) is 0 Å². The van der Waals surface area contributed by atoms with E-state index in [2.05, 4.69) is 11.8 Å². The molecule has 1 amide bonds. The maximum atomic E-state index is 11.4. The number of nitrogens with zero attached hydrogens (tertiary/aromatic N) is 1. The van der Waals surface area contributed by atoms with E-state index in [0.29, 0.717) is 23.7 Å². The molecule has 6 heteroatoms. The first-order valence-corrected chi connectivity index (χ1v) is 13.7. The summed E-state index contributed by atoms with van der Waals surface area (Å²) in [7, 11) is 1.40. The fourth-order valence-electron chi connectivity index (χ4n) is 5.19. The Bertz CT molecular complexity index is 471. The lowest BCUT2D eigenvalue weighted by atomic mass is 9.79. The molecule has 0 aromatic rings. The SMILES string of the molecule is CN(O)C(=O)CCCCSCC[C@@H]1[C@H](CSCC2CCCCC2)[C@@H]2CC[C@H]1O2. The van der Waals surface area contributed by atoms with E-state index in [-0.39, 0.29) is 5.91 Å². The number of hydroxylamine groups is 2. The molecular weight excluding hydrogens is 390 g/mol. The number of amides is 1. The molecule has 0 spiro atoms. The Morgan fingerprint density at radius 2 is 1.71 bits per heavy atom. The molecule has 1 aliphatic carbocycles. The molecule has 0 aromatic carbocycles. The van der Waals surface area contributed by atoms with Gasteiger partial charge >= 0.3 is 0 Å². The summed E-state index contributed by atoms with van der Waals surface area (Å²) in [5.74, 6) is 7.36. The van der Waals surface area contributed by atoms with Gasteiger partial charge in [-0.3, -0.25) is 10.0 Å². The van der Waals surface area contributed by atoms with Crippen LogP contribution in [0.25, 0.3) is 0 Å². The Hall–Kier alpha value is 0.0900. The maximum Gasteiger partial charge on any atom is 0.245 e. The smallest absolute Gasteiger partial charge is 0.245 e. The van der Waals surface area contributed by atoms with E-state index in [4.69, 9.17) is 9.94 Å². The van der Waals surface area contributed by atoms with Crippen molar-refractivity contribution < 1.29 is 14.7 Å². The molecule has 2 saturated heterocycles. The van der Waals surface area contributed by atoms with Gasteiger partial charge in [-0.1, -0.05) is 19.3 Å². The largest absolute Gasteiger partial charge is 0.374 e. The van der Waals surface area contributed by atoms with Crippen molar-refractivity contribution in [3.8, 4) is 0 Å². The van der Waals surface area contributed by atoms with Gasteiger partial charge in [0.2, 0.25) is 5.91 Å². The summed E-state index contributed by atoms with van der Waals surface area (Å²) in [6.45, 7) is 0. The molecule has 0 unspecified atom stereocenters. The second-order valence-corrected chi connectivity index (χ2v) is 11.2. The topological polar surface area (TPSA) is 49.8 Å². The number of carbonyl (C=O) groups excluding carboxylic acids is 1. The molecular formula is C22H39NO3S2. The van der Waals surface area contributed by atoms with Gasteiger partial charge in [-0.25, -0.2) is 5.06 Å². The van der Waals surface area contributed by atoms with Crippen molar-refractivity contribution in [2.75, 3.05) is 30.1 Å². The number of hydrogen-bond acceptors (Lipinski definition) is 5. The van der Waals surface area contributed by atoms with Crippen LogP contribution in [0.1, 0.15) is 70.6 Å². The molecule has 28 heavy (non-hydrogen) atoms. The van der Waals surface area contributed by atoms with Crippen LogP contribution in [0, 0.1) is 17.8 Å². The zero-order chi connectivity index (χ0) is 19.8. The van der Waals surface area contributed by atoms with E-state index in [0.717, 1.165) is 36.3 Å². The maximum absolute atomic E-state index is 11.4. The fourth-order valence-corrected chi connectivity index (χ4v) is 7.78. The normalized spacial score (nSPS) is 30.1. The van der Waals surface area contributed by atoms with Crippen LogP contribution >= 0.6 is 23.5 Å². The molecule has 2 aliphatic heterocycles. The number of rotatable bonds is 12. The van der Waals surface area contributed by atoms with Crippen LogP contribution in [0.4, 0.5) is 0 Å². The van der Waals surface area contributed by atoms with Crippen LogP contribution in [-0.2, 0) is 9.53 Å². The van der Waals surface area contributed by atoms with E-state index in [9.17, 15) is 4.79 Å². The fraction of sp³-hybridized carbons (Fsp3) is 0.955. The first kappa shape index (κ1) is 22.8. The molecule has 1 saturated carbocycles. The van der Waals surface area contributed by atoms with E-state index in [1.54, 1.807) is 0 Å². The Labute approximate surface area is 179 Å². The minimum atomic E-state index is -0.183. The lowest BCUT2D eigenvalue weighted by Gasteiger charge is -2.28. The Morgan fingerprint density at radius 1 is 0.964 bits per heavy atom. The molecule has 2 heterocycles. The first-order chi connectivity index (χ1) is 13.6. The van der Waals surface area contributed by atoms with E-state index in [1.165, 1.54) is 75.7 Å².